The molecule has 1 atom stereocenters. The molecular formula is C26H27F3N2O4. The molecule has 0 saturated carbocycles. The molecule has 3 aromatic rings. The van der Waals surface area contributed by atoms with Gasteiger partial charge in [-0.05, 0) is 61.7 Å². The highest BCUT2D eigenvalue weighted by molar-refractivity contribution is 6.04. The maximum absolute atomic E-state index is 13.2. The number of halogens is 3. The van der Waals surface area contributed by atoms with Crippen LogP contribution in [0.4, 0.5) is 18.9 Å². The summed E-state index contributed by atoms with van der Waals surface area (Å²) in [6, 6.07) is 13.9. The number of hydrogen-bond acceptors (Lipinski definition) is 4. The monoisotopic (exact) mass is 488 g/mol. The molecule has 0 aliphatic heterocycles. The number of nitrogens with zero attached hydrogens (tertiary/aromatic N) is 1. The number of rotatable bonds is 8. The van der Waals surface area contributed by atoms with Crippen LogP contribution in [0.2, 0.25) is 0 Å². The third kappa shape index (κ3) is 6.30. The van der Waals surface area contributed by atoms with E-state index in [0.29, 0.717) is 23.2 Å². The van der Waals surface area contributed by atoms with E-state index in [2.05, 4.69) is 5.32 Å². The van der Waals surface area contributed by atoms with Crippen LogP contribution >= 0.6 is 0 Å². The lowest BCUT2D eigenvalue weighted by molar-refractivity contribution is -0.153. The number of nitrogens with one attached hydrogen (secondary N) is 1. The molecule has 0 aliphatic carbocycles. The first kappa shape index (κ1) is 26.0. The van der Waals surface area contributed by atoms with Gasteiger partial charge in [0.15, 0.2) is 6.61 Å². The van der Waals surface area contributed by atoms with Crippen LogP contribution in [0.25, 0.3) is 5.69 Å². The largest absolute Gasteiger partial charge is 0.482 e. The summed E-state index contributed by atoms with van der Waals surface area (Å²) >= 11 is 0. The van der Waals surface area contributed by atoms with Crippen LogP contribution in [0.15, 0.2) is 65.6 Å². The number of ether oxygens (including phenoxy) is 1. The highest BCUT2D eigenvalue weighted by Gasteiger charge is 2.29. The second-order valence-corrected chi connectivity index (χ2v) is 8.48. The molecule has 9 heteroatoms. The maximum atomic E-state index is 13.2. The molecule has 6 nitrogen and oxygen atoms in total. The van der Waals surface area contributed by atoms with Gasteiger partial charge in [0.2, 0.25) is 0 Å². The summed E-state index contributed by atoms with van der Waals surface area (Å²) < 4.78 is 44.1. The number of hydrogen-bond donors (Lipinski definition) is 2. The molecule has 0 saturated heterocycles. The SMILES string of the molecule is CCCC(C)(O)c1ccc(NC(=O)c2cccn(-c3c(C)cccc3OCC(F)(F)F)c2=O)cc1. The number of alkyl halides is 3. The topological polar surface area (TPSA) is 80.6 Å². The Morgan fingerprint density at radius 3 is 2.40 bits per heavy atom. The number of aryl methyl sites for hydroxylation is 1. The minimum atomic E-state index is -4.55. The quantitative estimate of drug-likeness (QED) is 0.448. The van der Waals surface area contributed by atoms with E-state index in [0.717, 1.165) is 11.0 Å². The zero-order valence-electron chi connectivity index (χ0n) is 19.6. The summed E-state index contributed by atoms with van der Waals surface area (Å²) in [5, 5.41) is 13.2. The number of carbonyl (C=O) groups is 1. The third-order valence-corrected chi connectivity index (χ3v) is 5.53. The Morgan fingerprint density at radius 2 is 1.77 bits per heavy atom. The number of aliphatic hydroxyl groups is 1. The average molecular weight is 489 g/mol. The van der Waals surface area contributed by atoms with Crippen molar-refractivity contribution in [3.05, 3.63) is 87.8 Å². The van der Waals surface area contributed by atoms with E-state index in [1.807, 2.05) is 6.92 Å². The predicted molar refractivity (Wildman–Crippen MR) is 127 cm³/mol. The van der Waals surface area contributed by atoms with Gasteiger partial charge < -0.3 is 15.2 Å². The highest BCUT2D eigenvalue weighted by atomic mass is 19.4. The molecule has 2 N–H and O–H groups in total. The second-order valence-electron chi connectivity index (χ2n) is 8.48. The summed E-state index contributed by atoms with van der Waals surface area (Å²) in [7, 11) is 0. The van der Waals surface area contributed by atoms with Crippen LogP contribution in [0.1, 0.15) is 48.2 Å². The van der Waals surface area contributed by atoms with E-state index in [9.17, 15) is 27.9 Å². The van der Waals surface area contributed by atoms with Crippen LogP contribution in [-0.4, -0.2) is 28.4 Å². The molecule has 0 fully saturated rings. The van der Waals surface area contributed by atoms with E-state index < -0.39 is 29.9 Å². The fraction of sp³-hybridized carbons (Fsp3) is 0.308. The number of pyridine rings is 1. The standard InChI is InChI=1S/C26H27F3N2O4/c1-4-14-25(3,34)18-10-12-19(13-11-18)30-23(32)20-8-6-15-31(24(20)33)22-17(2)7-5-9-21(22)35-16-26(27,28)29/h5-13,15,34H,4,14,16H2,1-3H3,(H,30,32). The van der Waals surface area contributed by atoms with Crippen molar-refractivity contribution >= 4 is 11.6 Å². The van der Waals surface area contributed by atoms with Crippen molar-refractivity contribution in [2.75, 3.05) is 11.9 Å². The van der Waals surface area contributed by atoms with Crippen molar-refractivity contribution in [3.63, 3.8) is 0 Å². The van der Waals surface area contributed by atoms with Gasteiger partial charge in [-0.15, -0.1) is 0 Å². The van der Waals surface area contributed by atoms with Crippen molar-refractivity contribution in [1.29, 1.82) is 0 Å². The van der Waals surface area contributed by atoms with Gasteiger partial charge in [-0.3, -0.25) is 14.2 Å². The van der Waals surface area contributed by atoms with Gasteiger partial charge in [0.1, 0.15) is 11.3 Å². The van der Waals surface area contributed by atoms with E-state index in [1.165, 1.54) is 30.5 Å². The number of amides is 1. The van der Waals surface area contributed by atoms with Gasteiger partial charge >= 0.3 is 6.18 Å². The first-order valence-corrected chi connectivity index (χ1v) is 11.1. The minimum Gasteiger partial charge on any atom is -0.482 e. The smallest absolute Gasteiger partial charge is 0.422 e. The lowest BCUT2D eigenvalue weighted by atomic mass is 9.91. The third-order valence-electron chi connectivity index (χ3n) is 5.53. The van der Waals surface area contributed by atoms with Crippen molar-refractivity contribution in [1.82, 2.24) is 4.57 Å². The molecule has 0 aliphatic rings. The van der Waals surface area contributed by atoms with Crippen molar-refractivity contribution < 1.29 is 27.8 Å². The molecule has 3 rings (SSSR count). The maximum Gasteiger partial charge on any atom is 0.422 e. The predicted octanol–water partition coefficient (Wildman–Crippen LogP) is 5.35. The van der Waals surface area contributed by atoms with Gasteiger partial charge in [-0.2, -0.15) is 13.2 Å². The zero-order valence-corrected chi connectivity index (χ0v) is 19.6. The van der Waals surface area contributed by atoms with Crippen LogP contribution in [0.5, 0.6) is 5.75 Å². The molecule has 0 bridgehead atoms. The van der Waals surface area contributed by atoms with Gasteiger partial charge in [-0.1, -0.05) is 37.6 Å². The first-order valence-electron chi connectivity index (χ1n) is 11.1. The molecule has 186 valence electrons. The van der Waals surface area contributed by atoms with Crippen LogP contribution in [-0.2, 0) is 5.60 Å². The average Bonchev–Trinajstić information content (AvgIpc) is 2.78. The lowest BCUT2D eigenvalue weighted by Gasteiger charge is -2.23. The zero-order chi connectivity index (χ0) is 25.8. The van der Waals surface area contributed by atoms with E-state index >= 15 is 0 Å². The summed E-state index contributed by atoms with van der Waals surface area (Å²) in [6.45, 7) is 3.80. The van der Waals surface area contributed by atoms with Crippen LogP contribution < -0.4 is 15.6 Å². The second kappa shape index (κ2) is 10.4. The molecule has 1 unspecified atom stereocenters. The van der Waals surface area contributed by atoms with E-state index in [-0.39, 0.29) is 17.0 Å². The molecular weight excluding hydrogens is 461 g/mol. The van der Waals surface area contributed by atoms with E-state index in [4.69, 9.17) is 4.74 Å². The van der Waals surface area contributed by atoms with Crippen molar-refractivity contribution in [2.45, 2.75) is 45.4 Å². The fourth-order valence-corrected chi connectivity index (χ4v) is 3.80. The van der Waals surface area contributed by atoms with Crippen LogP contribution in [0.3, 0.4) is 0 Å². The normalized spacial score (nSPS) is 13.2. The summed E-state index contributed by atoms with van der Waals surface area (Å²) in [4.78, 5) is 26.0. The lowest BCUT2D eigenvalue weighted by Crippen LogP contribution is -2.29. The summed E-state index contributed by atoms with van der Waals surface area (Å²) in [5.41, 5.74) is -0.156. The summed E-state index contributed by atoms with van der Waals surface area (Å²) in [6.07, 6.45) is -1.80. The number of para-hydroxylation sites is 1. The van der Waals surface area contributed by atoms with Crippen LogP contribution in [0, 0.1) is 6.92 Å². The Morgan fingerprint density at radius 1 is 1.09 bits per heavy atom. The Labute approximate surface area is 201 Å². The number of benzene rings is 2. The molecule has 1 amide bonds. The molecule has 0 radical (unpaired) electrons. The minimum absolute atomic E-state index is 0.124. The van der Waals surface area contributed by atoms with Gasteiger partial charge in [0.05, 0.1) is 11.3 Å². The molecule has 0 spiro atoms. The Kier molecular flexibility index (Phi) is 7.70. The van der Waals surface area contributed by atoms with Crippen molar-refractivity contribution in [2.24, 2.45) is 0 Å². The Hall–Kier alpha value is -3.59. The molecule has 2 aromatic carbocycles. The molecule has 1 aromatic heterocycles. The molecule has 1 heterocycles. The highest BCUT2D eigenvalue weighted by Crippen LogP contribution is 2.28. The van der Waals surface area contributed by atoms with E-state index in [1.54, 1.807) is 44.2 Å². The van der Waals surface area contributed by atoms with Crippen molar-refractivity contribution in [3.8, 4) is 11.4 Å². The fourth-order valence-electron chi connectivity index (χ4n) is 3.80. The Bertz CT molecular complexity index is 1250. The Balaban J connectivity index is 1.89. The van der Waals surface area contributed by atoms with Gasteiger partial charge in [0.25, 0.3) is 11.5 Å². The van der Waals surface area contributed by atoms with Gasteiger partial charge in [-0.25, -0.2) is 0 Å². The number of aromatic nitrogens is 1. The number of carbonyl (C=O) groups excluding carboxylic acids is 1. The first-order chi connectivity index (χ1) is 16.4. The van der Waals surface area contributed by atoms with Gasteiger partial charge in [0, 0.05) is 11.9 Å². The number of anilines is 1. The molecule has 35 heavy (non-hydrogen) atoms. The summed E-state index contributed by atoms with van der Waals surface area (Å²) in [5.74, 6) is -0.805.